The Balaban J connectivity index is 0.00000126. The molecule has 2 saturated carbocycles. The van der Waals surface area contributed by atoms with Crippen molar-refractivity contribution in [3.8, 4) is 0 Å². The summed E-state index contributed by atoms with van der Waals surface area (Å²) in [6.45, 7) is 1.94. The average Bonchev–Trinajstić information content (AvgIpc) is 2.76. The Bertz CT molecular complexity index is 581. The summed E-state index contributed by atoms with van der Waals surface area (Å²) in [4.78, 5) is 6.78. The predicted molar refractivity (Wildman–Crippen MR) is 113 cm³/mol. The van der Waals surface area contributed by atoms with Crippen molar-refractivity contribution in [2.75, 3.05) is 0 Å². The molecule has 2 aliphatic rings. The molecule has 0 N–H and O–H groups in total. The Kier molecular flexibility index (Phi) is 10.6. The van der Waals surface area contributed by atoms with E-state index in [1.807, 2.05) is 25.1 Å². The van der Waals surface area contributed by atoms with E-state index < -0.39 is 0 Å². The zero-order chi connectivity index (χ0) is 19.5. The third kappa shape index (κ3) is 7.01. The first-order valence-corrected chi connectivity index (χ1v) is 11.6. The topological polar surface area (TPSA) is 40.9 Å². The summed E-state index contributed by atoms with van der Waals surface area (Å²) < 4.78 is 0. The van der Waals surface area contributed by atoms with Gasteiger partial charge in [0.15, 0.2) is 0 Å². The number of hydrogen-bond donors (Lipinski definition) is 0. The monoisotopic (exact) mass is 455 g/mol. The maximum absolute atomic E-state index is 5.74. The van der Waals surface area contributed by atoms with Crippen molar-refractivity contribution in [1.82, 2.24) is 9.88 Å². The molecule has 0 unspecified atom stereocenters. The van der Waals surface area contributed by atoms with Crippen LogP contribution in [-0.4, -0.2) is 32.8 Å². The van der Waals surface area contributed by atoms with Gasteiger partial charge in [0.05, 0.1) is 11.4 Å². The van der Waals surface area contributed by atoms with Crippen LogP contribution in [0.1, 0.15) is 76.8 Å². The minimum atomic E-state index is 0.554. The molecule has 1 heterocycles. The molecule has 1 aromatic heterocycles. The van der Waals surface area contributed by atoms with Crippen LogP contribution < -0.4 is 0 Å². The third-order valence-corrected chi connectivity index (χ3v) is 5.77. The van der Waals surface area contributed by atoms with Gasteiger partial charge in [-0.15, -0.1) is 0 Å². The molecule has 0 saturated heterocycles. The number of amidine groups is 1. The fourth-order valence-corrected chi connectivity index (χ4v) is 4.47. The number of nitrogens with zero attached hydrogens (tertiary/aromatic N) is 4. The van der Waals surface area contributed by atoms with Crippen molar-refractivity contribution in [3.63, 3.8) is 0 Å². The summed E-state index contributed by atoms with van der Waals surface area (Å²) in [6.07, 6.45) is 14.7. The van der Waals surface area contributed by atoms with E-state index >= 15 is 0 Å². The number of aromatic nitrogens is 1. The molecular formula is C20H29ClCuN4S. The fraction of sp³-hybridized carbons (Fsp3) is 0.650. The van der Waals surface area contributed by atoms with Crippen molar-refractivity contribution in [2.45, 2.75) is 83.2 Å². The maximum atomic E-state index is 5.74. The number of hydrogen-bond acceptors (Lipinski definition) is 4. The normalized spacial score (nSPS) is 20.0. The summed E-state index contributed by atoms with van der Waals surface area (Å²) in [6, 6.07) is 6.94. The molecular weight excluding hydrogens is 427 g/mol. The van der Waals surface area contributed by atoms with Crippen molar-refractivity contribution in [3.05, 3.63) is 30.1 Å². The van der Waals surface area contributed by atoms with Gasteiger partial charge < -0.3 is 17.5 Å². The van der Waals surface area contributed by atoms with E-state index in [4.69, 9.17) is 12.6 Å². The van der Waals surface area contributed by atoms with Crippen LogP contribution in [0.15, 0.2) is 34.6 Å². The molecule has 2 aliphatic carbocycles. The van der Waals surface area contributed by atoms with Crippen LogP contribution in [0.2, 0.25) is 0 Å². The van der Waals surface area contributed by atoms with Gasteiger partial charge in [0.1, 0.15) is 0 Å². The minimum absolute atomic E-state index is 0.554. The van der Waals surface area contributed by atoms with E-state index in [0.717, 1.165) is 11.4 Å². The van der Waals surface area contributed by atoms with Crippen molar-refractivity contribution < 1.29 is 15.1 Å². The molecule has 7 heteroatoms. The summed E-state index contributed by atoms with van der Waals surface area (Å²) in [5, 5.41) is 9.53. The van der Waals surface area contributed by atoms with Gasteiger partial charge >= 0.3 is 25.2 Å². The van der Waals surface area contributed by atoms with Gasteiger partial charge in [-0.2, -0.15) is 10.2 Å². The van der Waals surface area contributed by atoms with E-state index in [9.17, 15) is 0 Å². The van der Waals surface area contributed by atoms with Crippen LogP contribution in [0.3, 0.4) is 0 Å². The van der Waals surface area contributed by atoms with Gasteiger partial charge in [-0.1, -0.05) is 44.6 Å². The second-order valence-corrected chi connectivity index (χ2v) is 7.64. The van der Waals surface area contributed by atoms with Crippen molar-refractivity contribution >= 4 is 33.6 Å². The SMILES string of the molecule is C/C(=N\N=C(/[S-])N(C1CCCCC1)C1CCCCC1)c1ccccn1.[Cl][Cu+]. The van der Waals surface area contributed by atoms with Crippen molar-refractivity contribution in [2.24, 2.45) is 10.2 Å². The van der Waals surface area contributed by atoms with Gasteiger partial charge in [0.2, 0.25) is 0 Å². The Morgan fingerprint density at radius 2 is 1.56 bits per heavy atom. The van der Waals surface area contributed by atoms with Crippen LogP contribution in [0, 0.1) is 0 Å². The summed E-state index contributed by atoms with van der Waals surface area (Å²) >= 11 is 9.40. The number of pyridine rings is 1. The van der Waals surface area contributed by atoms with Crippen LogP contribution in [0.4, 0.5) is 0 Å². The van der Waals surface area contributed by atoms with Crippen LogP contribution in [-0.2, 0) is 27.7 Å². The van der Waals surface area contributed by atoms with Gasteiger partial charge in [0.25, 0.3) is 0 Å². The summed E-state index contributed by atoms with van der Waals surface area (Å²) in [5.74, 6) is 0. The standard InChI is InChI=1S/C20H30N4S.ClH.Cu/c1-16(19-14-8-9-15-21-19)22-23-20(25)24(17-10-4-2-5-11-17)18-12-6-3-7-13-18;;/h8-9,14-15,17-18H,2-7,10-13H2,1H3,(H,23,25);1H;/q;;+2/p-2/b22-16+;;. The van der Waals surface area contributed by atoms with Crippen molar-refractivity contribution in [1.29, 1.82) is 0 Å². The third-order valence-electron chi connectivity index (χ3n) is 5.48. The molecule has 2 fully saturated rings. The Hall–Kier alpha value is -0.681. The van der Waals surface area contributed by atoms with Gasteiger partial charge in [0, 0.05) is 23.4 Å². The Morgan fingerprint density at radius 1 is 1.00 bits per heavy atom. The molecule has 1 aromatic rings. The van der Waals surface area contributed by atoms with Crippen LogP contribution >= 0.6 is 10.1 Å². The zero-order valence-electron chi connectivity index (χ0n) is 15.9. The van der Waals surface area contributed by atoms with E-state index in [2.05, 4.69) is 45.3 Å². The first kappa shape index (κ1) is 22.6. The molecule has 4 nitrogen and oxygen atoms in total. The molecule has 0 radical (unpaired) electrons. The molecule has 0 spiro atoms. The molecule has 27 heavy (non-hydrogen) atoms. The first-order valence-electron chi connectivity index (χ1n) is 9.86. The van der Waals surface area contributed by atoms with Gasteiger partial charge in [-0.3, -0.25) is 4.98 Å². The quantitative estimate of drug-likeness (QED) is 0.201. The van der Waals surface area contributed by atoms with E-state index in [0.29, 0.717) is 17.3 Å². The molecule has 153 valence electrons. The molecule has 0 amide bonds. The molecule has 0 aliphatic heterocycles. The fourth-order valence-electron chi connectivity index (χ4n) is 4.13. The molecule has 0 atom stereocenters. The van der Waals surface area contributed by atoms with E-state index in [-0.39, 0.29) is 0 Å². The predicted octanol–water partition coefficient (Wildman–Crippen LogP) is 5.36. The molecule has 0 aromatic carbocycles. The molecule has 3 rings (SSSR count). The summed E-state index contributed by atoms with van der Waals surface area (Å²) in [5.41, 5.74) is 1.67. The van der Waals surface area contributed by atoms with Crippen LogP contribution in [0.25, 0.3) is 0 Å². The molecule has 0 bridgehead atoms. The van der Waals surface area contributed by atoms with Gasteiger partial charge in [-0.25, -0.2) is 0 Å². The van der Waals surface area contributed by atoms with E-state index in [1.54, 1.807) is 6.20 Å². The number of halogens is 1. The Morgan fingerprint density at radius 3 is 2.04 bits per heavy atom. The first-order chi connectivity index (χ1) is 13.3. The second-order valence-electron chi connectivity index (χ2n) is 7.27. The van der Waals surface area contributed by atoms with E-state index in [1.165, 1.54) is 64.2 Å². The van der Waals surface area contributed by atoms with Gasteiger partial charge in [-0.05, 0) is 44.7 Å². The average molecular weight is 457 g/mol. The summed E-state index contributed by atoms with van der Waals surface area (Å²) in [7, 11) is 4.20. The van der Waals surface area contributed by atoms with Crippen LogP contribution in [0.5, 0.6) is 0 Å². The number of rotatable bonds is 4. The zero-order valence-corrected chi connectivity index (χ0v) is 18.4. The Labute approximate surface area is 181 Å². The second kappa shape index (κ2) is 12.7.